The highest BCUT2D eigenvalue weighted by Crippen LogP contribution is 2.23. The molecule has 0 saturated heterocycles. The van der Waals surface area contributed by atoms with Crippen molar-refractivity contribution in [2.75, 3.05) is 7.11 Å². The van der Waals surface area contributed by atoms with E-state index in [1.54, 1.807) is 18.2 Å². The van der Waals surface area contributed by atoms with Crippen molar-refractivity contribution in [2.24, 2.45) is 0 Å². The summed E-state index contributed by atoms with van der Waals surface area (Å²) in [5.41, 5.74) is 0. The molecule has 16 heavy (non-hydrogen) atoms. The fourth-order valence-corrected chi connectivity index (χ4v) is 2.01. The Labute approximate surface area is 93.2 Å². The number of ether oxygens (including phenoxy) is 1. The molecule has 0 unspecified atom stereocenters. The third-order valence-corrected chi connectivity index (χ3v) is 3.17. The summed E-state index contributed by atoms with van der Waals surface area (Å²) in [6.45, 7) is 0. The van der Waals surface area contributed by atoms with Crippen LogP contribution in [0.15, 0.2) is 41.3 Å². The van der Waals surface area contributed by atoms with Gasteiger partial charge in [0.2, 0.25) is 0 Å². The lowest BCUT2D eigenvalue weighted by Gasteiger charge is -2.03. The molecule has 1 N–H and O–H groups in total. The van der Waals surface area contributed by atoms with Crippen LogP contribution in [0.4, 0.5) is 0 Å². The first kappa shape index (κ1) is 10.9. The largest absolute Gasteiger partial charge is 0.497 e. The number of rotatable bonds is 2. The smallest absolute Gasteiger partial charge is 0.294 e. The molecule has 0 spiro atoms. The van der Waals surface area contributed by atoms with Crippen LogP contribution in [0.5, 0.6) is 5.75 Å². The van der Waals surface area contributed by atoms with Gasteiger partial charge in [-0.1, -0.05) is 12.1 Å². The molecule has 2 aromatic rings. The number of fused-ring (bicyclic) bond motifs is 1. The van der Waals surface area contributed by atoms with Gasteiger partial charge >= 0.3 is 0 Å². The molecule has 0 aliphatic rings. The van der Waals surface area contributed by atoms with Crippen molar-refractivity contribution in [3.05, 3.63) is 36.4 Å². The molecule has 2 aromatic carbocycles. The highest BCUT2D eigenvalue weighted by molar-refractivity contribution is 7.85. The van der Waals surface area contributed by atoms with Crippen molar-refractivity contribution < 1.29 is 17.7 Å². The highest BCUT2D eigenvalue weighted by atomic mass is 32.2. The molecule has 0 heterocycles. The third kappa shape index (κ3) is 2.00. The van der Waals surface area contributed by atoms with Crippen LogP contribution in [0.25, 0.3) is 10.8 Å². The molecule has 0 saturated carbocycles. The van der Waals surface area contributed by atoms with E-state index in [0.717, 1.165) is 5.39 Å². The van der Waals surface area contributed by atoms with E-state index in [-0.39, 0.29) is 4.90 Å². The summed E-state index contributed by atoms with van der Waals surface area (Å²) in [6, 6.07) is 9.73. The zero-order valence-electron chi connectivity index (χ0n) is 8.54. The van der Waals surface area contributed by atoms with Gasteiger partial charge in [-0.05, 0) is 35.0 Å². The van der Waals surface area contributed by atoms with Gasteiger partial charge in [0.05, 0.1) is 12.0 Å². The summed E-state index contributed by atoms with van der Waals surface area (Å²) in [5.74, 6) is 0.639. The normalized spacial score (nSPS) is 11.6. The van der Waals surface area contributed by atoms with Crippen LogP contribution < -0.4 is 4.74 Å². The molecular weight excluding hydrogens is 228 g/mol. The molecule has 0 aromatic heterocycles. The standard InChI is InChI=1S/C11H10O4S/c1-15-10-4-2-8-3-5-11(16(12,13)14)7-9(8)6-10/h2-7H,1H3,(H,12,13,14). The third-order valence-electron chi connectivity index (χ3n) is 2.32. The lowest BCUT2D eigenvalue weighted by Crippen LogP contribution is -1.97. The molecule has 0 radical (unpaired) electrons. The van der Waals surface area contributed by atoms with E-state index in [1.807, 2.05) is 6.07 Å². The average molecular weight is 238 g/mol. The Morgan fingerprint density at radius 2 is 1.75 bits per heavy atom. The van der Waals surface area contributed by atoms with E-state index in [0.29, 0.717) is 11.1 Å². The molecule has 0 aliphatic heterocycles. The van der Waals surface area contributed by atoms with Crippen molar-refractivity contribution in [2.45, 2.75) is 4.90 Å². The highest BCUT2D eigenvalue weighted by Gasteiger charge is 2.09. The Morgan fingerprint density at radius 3 is 2.38 bits per heavy atom. The Bertz CT molecular complexity index is 631. The van der Waals surface area contributed by atoms with Gasteiger partial charge < -0.3 is 4.74 Å². The zero-order valence-corrected chi connectivity index (χ0v) is 9.36. The van der Waals surface area contributed by atoms with Crippen molar-refractivity contribution in [3.8, 4) is 5.75 Å². The Balaban J connectivity index is 2.69. The van der Waals surface area contributed by atoms with Crippen LogP contribution in [0.3, 0.4) is 0 Å². The monoisotopic (exact) mass is 238 g/mol. The van der Waals surface area contributed by atoms with Crippen molar-refractivity contribution in [3.63, 3.8) is 0 Å². The number of hydrogen-bond acceptors (Lipinski definition) is 3. The van der Waals surface area contributed by atoms with Crippen molar-refractivity contribution in [1.29, 1.82) is 0 Å². The van der Waals surface area contributed by atoms with Gasteiger partial charge in [-0.25, -0.2) is 0 Å². The van der Waals surface area contributed by atoms with E-state index in [1.165, 1.54) is 19.2 Å². The van der Waals surface area contributed by atoms with Crippen molar-refractivity contribution >= 4 is 20.9 Å². The second kappa shape index (κ2) is 3.77. The summed E-state index contributed by atoms with van der Waals surface area (Å²) in [4.78, 5) is -0.117. The first-order valence-electron chi connectivity index (χ1n) is 4.56. The minimum absolute atomic E-state index is 0.117. The van der Waals surface area contributed by atoms with Crippen molar-refractivity contribution in [1.82, 2.24) is 0 Å². The molecule has 5 heteroatoms. The van der Waals surface area contributed by atoms with Crippen LogP contribution in [-0.2, 0) is 10.1 Å². The molecule has 0 fully saturated rings. The van der Waals surface area contributed by atoms with Gasteiger partial charge in [0.15, 0.2) is 0 Å². The summed E-state index contributed by atoms with van der Waals surface area (Å²) in [7, 11) is -2.62. The van der Waals surface area contributed by atoms with E-state index >= 15 is 0 Å². The van der Waals surface area contributed by atoms with Gasteiger partial charge in [-0.15, -0.1) is 0 Å². The summed E-state index contributed by atoms with van der Waals surface area (Å²) < 4.78 is 35.9. The lowest BCUT2D eigenvalue weighted by molar-refractivity contribution is 0.415. The Hall–Kier alpha value is -1.59. The van der Waals surface area contributed by atoms with E-state index in [9.17, 15) is 8.42 Å². The minimum Gasteiger partial charge on any atom is -0.497 e. The maximum atomic E-state index is 11.0. The van der Waals surface area contributed by atoms with Crippen LogP contribution in [0.2, 0.25) is 0 Å². The fraction of sp³-hybridized carbons (Fsp3) is 0.0909. The summed E-state index contributed by atoms with van der Waals surface area (Å²) >= 11 is 0. The first-order chi connectivity index (χ1) is 7.50. The topological polar surface area (TPSA) is 63.6 Å². The maximum absolute atomic E-state index is 11.0. The first-order valence-corrected chi connectivity index (χ1v) is 6.00. The van der Waals surface area contributed by atoms with Gasteiger partial charge in [-0.2, -0.15) is 8.42 Å². The van der Waals surface area contributed by atoms with E-state index in [2.05, 4.69) is 0 Å². The van der Waals surface area contributed by atoms with E-state index in [4.69, 9.17) is 9.29 Å². The second-order valence-corrected chi connectivity index (χ2v) is 4.77. The van der Waals surface area contributed by atoms with Crippen LogP contribution in [0, 0.1) is 0 Å². The summed E-state index contributed by atoms with van der Waals surface area (Å²) in [6.07, 6.45) is 0. The number of benzene rings is 2. The summed E-state index contributed by atoms with van der Waals surface area (Å²) in [5, 5.41) is 1.59. The van der Waals surface area contributed by atoms with Crippen LogP contribution in [0.1, 0.15) is 0 Å². The molecule has 4 nitrogen and oxygen atoms in total. The molecule has 84 valence electrons. The minimum atomic E-state index is -4.15. The fourth-order valence-electron chi connectivity index (χ4n) is 1.49. The SMILES string of the molecule is COc1ccc2ccc(S(=O)(=O)O)cc2c1. The lowest BCUT2D eigenvalue weighted by atomic mass is 10.1. The van der Waals surface area contributed by atoms with Gasteiger partial charge in [0, 0.05) is 0 Å². The molecule has 0 amide bonds. The number of methoxy groups -OCH3 is 1. The van der Waals surface area contributed by atoms with Crippen LogP contribution >= 0.6 is 0 Å². The van der Waals surface area contributed by atoms with Crippen LogP contribution in [-0.4, -0.2) is 20.1 Å². The molecule has 0 atom stereocenters. The Kier molecular flexibility index (Phi) is 2.57. The van der Waals surface area contributed by atoms with Gasteiger partial charge in [0.1, 0.15) is 5.75 Å². The number of hydrogen-bond donors (Lipinski definition) is 1. The molecule has 0 bridgehead atoms. The predicted octanol–water partition coefficient (Wildman–Crippen LogP) is 2.10. The Morgan fingerprint density at radius 1 is 1.06 bits per heavy atom. The average Bonchev–Trinajstić information content (AvgIpc) is 2.26. The second-order valence-electron chi connectivity index (χ2n) is 3.35. The van der Waals surface area contributed by atoms with Gasteiger partial charge in [-0.3, -0.25) is 4.55 Å². The van der Waals surface area contributed by atoms with Gasteiger partial charge in [0.25, 0.3) is 10.1 Å². The zero-order chi connectivity index (χ0) is 11.8. The molecular formula is C11H10O4S. The molecule has 0 aliphatic carbocycles. The maximum Gasteiger partial charge on any atom is 0.294 e. The van der Waals surface area contributed by atoms with E-state index < -0.39 is 10.1 Å². The molecule has 2 rings (SSSR count). The quantitative estimate of drug-likeness (QED) is 0.814. The predicted molar refractivity (Wildman–Crippen MR) is 60.3 cm³/mol.